The Balaban J connectivity index is 1.70. The van der Waals surface area contributed by atoms with Crippen molar-refractivity contribution in [2.75, 3.05) is 0 Å². The second kappa shape index (κ2) is 6.85. The van der Waals surface area contributed by atoms with Gasteiger partial charge in [0.15, 0.2) is 11.5 Å². The summed E-state index contributed by atoms with van der Waals surface area (Å²) in [6.45, 7) is 3.72. The summed E-state index contributed by atoms with van der Waals surface area (Å²) in [5.41, 5.74) is 3.74. The number of hydrogen-bond donors (Lipinski definition) is 0. The maximum atomic E-state index is 13.0. The molecule has 0 radical (unpaired) electrons. The number of rotatable bonds is 4. The Morgan fingerprint density at radius 3 is 1.73 bits per heavy atom. The van der Waals surface area contributed by atoms with Crippen LogP contribution >= 0.6 is 0 Å². The molecule has 2 aromatic heterocycles. The normalized spacial score (nSPS) is 11.3. The second-order valence-corrected chi connectivity index (χ2v) is 7.32. The Labute approximate surface area is 172 Å². The third-order valence-corrected chi connectivity index (χ3v) is 5.48. The lowest BCUT2D eigenvalue weighted by atomic mass is 10.0. The van der Waals surface area contributed by atoms with E-state index in [4.69, 9.17) is 8.83 Å². The number of hydrogen-bond acceptors (Lipinski definition) is 4. The van der Waals surface area contributed by atoms with Crippen LogP contribution < -0.4 is 0 Å². The third-order valence-electron chi connectivity index (χ3n) is 5.48. The molecule has 0 aliphatic carbocycles. The number of carbonyl (C=O) groups is 2. The van der Waals surface area contributed by atoms with E-state index in [1.54, 1.807) is 24.3 Å². The molecule has 3 aromatic carbocycles. The monoisotopic (exact) mass is 394 g/mol. The van der Waals surface area contributed by atoms with Crippen LogP contribution in [0.5, 0.6) is 0 Å². The molecule has 0 aliphatic rings. The van der Waals surface area contributed by atoms with E-state index in [1.807, 2.05) is 62.4 Å². The first-order valence-electron chi connectivity index (χ1n) is 9.71. The Kier molecular flexibility index (Phi) is 4.14. The largest absolute Gasteiger partial charge is 0.452 e. The average Bonchev–Trinajstić information content (AvgIpc) is 3.31. The minimum atomic E-state index is -0.179. The van der Waals surface area contributed by atoms with Crippen molar-refractivity contribution in [3.05, 3.63) is 107 Å². The minimum absolute atomic E-state index is 0.167. The predicted molar refractivity (Wildman–Crippen MR) is 115 cm³/mol. The second-order valence-electron chi connectivity index (χ2n) is 7.32. The van der Waals surface area contributed by atoms with Crippen LogP contribution in [0.1, 0.15) is 43.4 Å². The van der Waals surface area contributed by atoms with Gasteiger partial charge in [0.2, 0.25) is 11.6 Å². The van der Waals surface area contributed by atoms with Crippen molar-refractivity contribution in [1.29, 1.82) is 0 Å². The highest BCUT2D eigenvalue weighted by Gasteiger charge is 2.25. The van der Waals surface area contributed by atoms with Gasteiger partial charge in [-0.2, -0.15) is 0 Å². The zero-order valence-corrected chi connectivity index (χ0v) is 16.6. The maximum absolute atomic E-state index is 13.0. The van der Waals surface area contributed by atoms with E-state index >= 15 is 0 Å². The smallest absolute Gasteiger partial charge is 0.228 e. The first-order valence-corrected chi connectivity index (χ1v) is 9.71. The van der Waals surface area contributed by atoms with E-state index in [2.05, 4.69) is 0 Å². The van der Waals surface area contributed by atoms with E-state index in [0.717, 1.165) is 16.3 Å². The molecule has 5 rings (SSSR count). The molecule has 146 valence electrons. The molecule has 0 bridgehead atoms. The number of fused-ring (bicyclic) bond motifs is 3. The van der Waals surface area contributed by atoms with Gasteiger partial charge >= 0.3 is 0 Å². The molecule has 5 aromatic rings. The highest BCUT2D eigenvalue weighted by Crippen LogP contribution is 2.37. The Morgan fingerprint density at radius 2 is 1.17 bits per heavy atom. The molecular formula is C26H18O4. The van der Waals surface area contributed by atoms with Crippen LogP contribution in [0.15, 0.2) is 81.6 Å². The van der Waals surface area contributed by atoms with E-state index < -0.39 is 0 Å². The molecular weight excluding hydrogens is 376 g/mol. The molecule has 4 heteroatoms. The zero-order valence-electron chi connectivity index (χ0n) is 16.6. The Hall–Kier alpha value is -3.92. The van der Waals surface area contributed by atoms with Gasteiger partial charge in [0, 0.05) is 27.6 Å². The Morgan fingerprint density at radius 1 is 0.633 bits per heavy atom. The summed E-state index contributed by atoms with van der Waals surface area (Å²) in [6, 6.07) is 21.8. The molecule has 0 fully saturated rings. The summed E-state index contributed by atoms with van der Waals surface area (Å²) in [5.74, 6) is 0.245. The molecule has 2 heterocycles. The van der Waals surface area contributed by atoms with Gasteiger partial charge in [-0.25, -0.2) is 0 Å². The van der Waals surface area contributed by atoms with Crippen LogP contribution in [0.3, 0.4) is 0 Å². The van der Waals surface area contributed by atoms with Crippen LogP contribution in [0.25, 0.3) is 21.9 Å². The lowest BCUT2D eigenvalue weighted by Gasteiger charge is -1.98. The van der Waals surface area contributed by atoms with Gasteiger partial charge in [-0.15, -0.1) is 0 Å². The molecule has 0 aliphatic heterocycles. The summed E-state index contributed by atoms with van der Waals surface area (Å²) in [5, 5.41) is 1.56. The first kappa shape index (κ1) is 18.1. The molecule has 0 saturated carbocycles. The van der Waals surface area contributed by atoms with E-state index in [9.17, 15) is 9.59 Å². The first-order chi connectivity index (χ1) is 14.6. The summed E-state index contributed by atoms with van der Waals surface area (Å²) in [7, 11) is 0. The lowest BCUT2D eigenvalue weighted by molar-refractivity contribution is 0.100. The Bertz CT molecular complexity index is 1420. The summed E-state index contributed by atoms with van der Waals surface area (Å²) in [4.78, 5) is 25.9. The van der Waals surface area contributed by atoms with Crippen LogP contribution in [0.2, 0.25) is 0 Å². The maximum Gasteiger partial charge on any atom is 0.228 e. The summed E-state index contributed by atoms with van der Waals surface area (Å²) >= 11 is 0. The SMILES string of the molecule is Cc1c(C(=O)c2ccccc2)oc2c1ccc1oc(C(=O)c3ccccc3)c(C)c12. The van der Waals surface area contributed by atoms with Gasteiger partial charge < -0.3 is 8.83 Å². The molecule has 0 N–H and O–H groups in total. The summed E-state index contributed by atoms with van der Waals surface area (Å²) < 4.78 is 12.0. The lowest BCUT2D eigenvalue weighted by Crippen LogP contribution is -2.01. The van der Waals surface area contributed by atoms with E-state index in [-0.39, 0.29) is 17.3 Å². The summed E-state index contributed by atoms with van der Waals surface area (Å²) in [6.07, 6.45) is 0. The molecule has 0 atom stereocenters. The molecule has 0 amide bonds. The number of carbonyl (C=O) groups excluding carboxylic acids is 2. The van der Waals surface area contributed by atoms with Crippen LogP contribution in [0.4, 0.5) is 0 Å². The molecule has 0 unspecified atom stereocenters. The molecule has 4 nitrogen and oxygen atoms in total. The number of aryl methyl sites for hydroxylation is 2. The fourth-order valence-electron chi connectivity index (χ4n) is 3.88. The van der Waals surface area contributed by atoms with E-state index in [0.29, 0.717) is 33.6 Å². The number of ketones is 2. The molecule has 30 heavy (non-hydrogen) atoms. The average molecular weight is 394 g/mol. The van der Waals surface area contributed by atoms with Crippen LogP contribution in [-0.4, -0.2) is 11.6 Å². The van der Waals surface area contributed by atoms with Crippen molar-refractivity contribution in [2.45, 2.75) is 13.8 Å². The standard InChI is InChI=1S/C26H18O4/c1-15-19-13-14-20-21(16(2)25(29-20)23(28)18-11-7-4-8-12-18)26(19)30-24(15)22(27)17-9-5-3-6-10-17/h3-14H,1-2H3. The molecule has 0 spiro atoms. The fourth-order valence-corrected chi connectivity index (χ4v) is 3.88. The fraction of sp³-hybridized carbons (Fsp3) is 0.0769. The van der Waals surface area contributed by atoms with Gasteiger partial charge in [-0.1, -0.05) is 60.7 Å². The van der Waals surface area contributed by atoms with Crippen LogP contribution in [-0.2, 0) is 0 Å². The van der Waals surface area contributed by atoms with Crippen molar-refractivity contribution < 1.29 is 18.4 Å². The number of furan rings is 2. The minimum Gasteiger partial charge on any atom is -0.452 e. The topological polar surface area (TPSA) is 60.4 Å². The predicted octanol–water partition coefficient (Wildman–Crippen LogP) is 6.26. The van der Waals surface area contributed by atoms with Gasteiger partial charge in [0.25, 0.3) is 0 Å². The van der Waals surface area contributed by atoms with Crippen molar-refractivity contribution in [3.8, 4) is 0 Å². The van der Waals surface area contributed by atoms with Gasteiger partial charge in [0.05, 0.1) is 5.39 Å². The quantitative estimate of drug-likeness (QED) is 0.338. The van der Waals surface area contributed by atoms with Crippen molar-refractivity contribution in [3.63, 3.8) is 0 Å². The van der Waals surface area contributed by atoms with Gasteiger partial charge in [0.1, 0.15) is 11.2 Å². The zero-order chi connectivity index (χ0) is 20.8. The number of benzene rings is 3. The highest BCUT2D eigenvalue weighted by molar-refractivity contribution is 6.16. The van der Waals surface area contributed by atoms with Gasteiger partial charge in [-0.05, 0) is 26.0 Å². The molecule has 0 saturated heterocycles. The van der Waals surface area contributed by atoms with Crippen molar-refractivity contribution in [2.24, 2.45) is 0 Å². The van der Waals surface area contributed by atoms with Crippen molar-refractivity contribution in [1.82, 2.24) is 0 Å². The highest BCUT2D eigenvalue weighted by atomic mass is 16.4. The van der Waals surface area contributed by atoms with Crippen LogP contribution in [0, 0.1) is 13.8 Å². The van der Waals surface area contributed by atoms with E-state index in [1.165, 1.54) is 0 Å². The van der Waals surface area contributed by atoms with Crippen molar-refractivity contribution >= 4 is 33.5 Å². The van der Waals surface area contributed by atoms with Gasteiger partial charge in [-0.3, -0.25) is 9.59 Å². The third kappa shape index (κ3) is 2.69.